The Kier molecular flexibility index (Phi) is 8.22. The minimum atomic E-state index is -0.536. The monoisotopic (exact) mass is 375 g/mol. The second-order valence-electron chi connectivity index (χ2n) is 7.52. The highest BCUT2D eigenvalue weighted by Gasteiger charge is 2.21. The Morgan fingerprint density at radius 2 is 1.75 bits per heavy atom. The van der Waals surface area contributed by atoms with Crippen molar-refractivity contribution < 1.29 is 9.59 Å². The van der Waals surface area contributed by atoms with E-state index in [9.17, 15) is 9.59 Å². The zero-order chi connectivity index (χ0) is 17.8. The molecule has 0 bridgehead atoms. The van der Waals surface area contributed by atoms with E-state index in [0.717, 1.165) is 0 Å². The van der Waals surface area contributed by atoms with Gasteiger partial charge >= 0.3 is 0 Å². The second kappa shape index (κ2) is 8.70. The summed E-state index contributed by atoms with van der Waals surface area (Å²) in [5.74, 6) is -0.425. The predicted molar refractivity (Wildman–Crippen MR) is 102 cm³/mol. The van der Waals surface area contributed by atoms with Gasteiger partial charge in [-0.25, -0.2) is 0 Å². The average molecular weight is 376 g/mol. The van der Waals surface area contributed by atoms with Crippen LogP contribution in [0, 0.1) is 5.41 Å². The van der Waals surface area contributed by atoms with Crippen LogP contribution in [0.1, 0.15) is 51.4 Å². The standard InChI is InChI=1S/C17H26ClN3O2.ClH/c1-16(2,3)9-14(22)20-11-6-7-13(18)12(8-11)15(23)21-17(4,5)10-19;/h6-8H,9-10,19H2,1-5H3,(H,20,22)(H,21,23);1H. The third kappa shape index (κ3) is 7.51. The quantitative estimate of drug-likeness (QED) is 0.734. The molecule has 1 aromatic carbocycles. The Bertz CT molecular complexity index is 596. The maximum atomic E-state index is 12.3. The highest BCUT2D eigenvalue weighted by molar-refractivity contribution is 6.34. The molecule has 4 N–H and O–H groups in total. The van der Waals surface area contributed by atoms with E-state index in [-0.39, 0.29) is 29.6 Å². The highest BCUT2D eigenvalue weighted by atomic mass is 35.5. The van der Waals surface area contributed by atoms with Crippen molar-refractivity contribution in [2.75, 3.05) is 11.9 Å². The number of halogens is 2. The molecular formula is C17H27Cl2N3O2. The molecule has 0 aliphatic carbocycles. The van der Waals surface area contributed by atoms with Crippen LogP contribution in [0.3, 0.4) is 0 Å². The zero-order valence-corrected chi connectivity index (χ0v) is 16.4. The molecule has 0 aliphatic rings. The van der Waals surface area contributed by atoms with Crippen molar-refractivity contribution in [1.29, 1.82) is 0 Å². The molecule has 2 amide bonds. The van der Waals surface area contributed by atoms with Crippen molar-refractivity contribution in [3.05, 3.63) is 28.8 Å². The summed E-state index contributed by atoms with van der Waals surface area (Å²) >= 11 is 6.10. The lowest BCUT2D eigenvalue weighted by molar-refractivity contribution is -0.117. The predicted octanol–water partition coefficient (Wildman–Crippen LogP) is 3.60. The van der Waals surface area contributed by atoms with Crippen molar-refractivity contribution in [2.45, 2.75) is 46.6 Å². The van der Waals surface area contributed by atoms with E-state index < -0.39 is 5.54 Å². The molecule has 0 spiro atoms. The Balaban J connectivity index is 0.00000529. The number of rotatable bonds is 5. The molecule has 5 nitrogen and oxygen atoms in total. The molecular weight excluding hydrogens is 349 g/mol. The Morgan fingerprint density at radius 3 is 2.25 bits per heavy atom. The van der Waals surface area contributed by atoms with Gasteiger partial charge in [0.05, 0.1) is 10.6 Å². The van der Waals surface area contributed by atoms with Crippen molar-refractivity contribution in [2.24, 2.45) is 11.1 Å². The van der Waals surface area contributed by atoms with E-state index in [0.29, 0.717) is 29.2 Å². The number of anilines is 1. The summed E-state index contributed by atoms with van der Waals surface area (Å²) in [6.45, 7) is 9.92. The molecule has 0 radical (unpaired) electrons. The van der Waals surface area contributed by atoms with Crippen LogP contribution < -0.4 is 16.4 Å². The van der Waals surface area contributed by atoms with E-state index in [4.69, 9.17) is 17.3 Å². The van der Waals surface area contributed by atoms with Crippen LogP contribution in [0.15, 0.2) is 18.2 Å². The van der Waals surface area contributed by atoms with Gasteiger partial charge in [0.15, 0.2) is 0 Å². The minimum Gasteiger partial charge on any atom is -0.346 e. The molecule has 1 rings (SSSR count). The summed E-state index contributed by atoms with van der Waals surface area (Å²) < 4.78 is 0. The summed E-state index contributed by atoms with van der Waals surface area (Å²) in [5.41, 5.74) is 5.82. The van der Waals surface area contributed by atoms with Crippen molar-refractivity contribution in [3.63, 3.8) is 0 Å². The Labute approximate surface area is 155 Å². The molecule has 24 heavy (non-hydrogen) atoms. The van der Waals surface area contributed by atoms with E-state index in [1.54, 1.807) is 18.2 Å². The minimum absolute atomic E-state index is 0. The topological polar surface area (TPSA) is 84.2 Å². The van der Waals surface area contributed by atoms with Crippen LogP contribution in [0.5, 0.6) is 0 Å². The maximum absolute atomic E-state index is 12.3. The lowest BCUT2D eigenvalue weighted by Gasteiger charge is -2.24. The largest absolute Gasteiger partial charge is 0.346 e. The fourth-order valence-electron chi connectivity index (χ4n) is 1.89. The summed E-state index contributed by atoms with van der Waals surface area (Å²) in [6, 6.07) is 4.84. The van der Waals surface area contributed by atoms with Crippen molar-refractivity contribution >= 4 is 41.5 Å². The molecule has 0 aromatic heterocycles. The lowest BCUT2D eigenvalue weighted by Crippen LogP contribution is -2.48. The van der Waals surface area contributed by atoms with Gasteiger partial charge in [-0.3, -0.25) is 9.59 Å². The van der Waals surface area contributed by atoms with Gasteiger partial charge < -0.3 is 16.4 Å². The molecule has 0 atom stereocenters. The Morgan fingerprint density at radius 1 is 1.17 bits per heavy atom. The summed E-state index contributed by atoms with van der Waals surface area (Å²) in [7, 11) is 0. The van der Waals surface area contributed by atoms with Gasteiger partial charge in [0.1, 0.15) is 0 Å². The molecule has 1 aromatic rings. The summed E-state index contributed by atoms with van der Waals surface area (Å²) in [4.78, 5) is 24.4. The number of hydrogen-bond acceptors (Lipinski definition) is 3. The molecule has 0 fully saturated rings. The van der Waals surface area contributed by atoms with E-state index in [1.165, 1.54) is 0 Å². The van der Waals surface area contributed by atoms with Gasteiger partial charge in [0.2, 0.25) is 5.91 Å². The van der Waals surface area contributed by atoms with Crippen LogP contribution in [0.2, 0.25) is 5.02 Å². The normalized spacial score (nSPS) is 11.5. The molecule has 0 heterocycles. The number of carbonyl (C=O) groups is 2. The molecule has 0 saturated heterocycles. The zero-order valence-electron chi connectivity index (χ0n) is 14.8. The molecule has 7 heteroatoms. The van der Waals surface area contributed by atoms with E-state index in [1.807, 2.05) is 34.6 Å². The first kappa shape index (κ1) is 22.7. The summed E-state index contributed by atoms with van der Waals surface area (Å²) in [5, 5.41) is 5.94. The van der Waals surface area contributed by atoms with Gasteiger partial charge in [-0.05, 0) is 37.5 Å². The third-order valence-electron chi connectivity index (χ3n) is 3.15. The molecule has 0 aliphatic heterocycles. The number of carbonyl (C=O) groups excluding carboxylic acids is 2. The molecule has 0 unspecified atom stereocenters. The van der Waals surface area contributed by atoms with Gasteiger partial charge in [0, 0.05) is 24.2 Å². The average Bonchev–Trinajstić information content (AvgIpc) is 2.38. The number of nitrogens with two attached hydrogens (primary N) is 1. The number of nitrogens with one attached hydrogen (secondary N) is 2. The fraction of sp³-hybridized carbons (Fsp3) is 0.529. The first-order chi connectivity index (χ1) is 10.4. The Hall–Kier alpha value is -1.30. The second-order valence-corrected chi connectivity index (χ2v) is 7.93. The van der Waals surface area contributed by atoms with Crippen LogP contribution in [-0.4, -0.2) is 23.9 Å². The van der Waals surface area contributed by atoms with Crippen molar-refractivity contribution in [3.8, 4) is 0 Å². The smallest absolute Gasteiger partial charge is 0.253 e. The number of hydrogen-bond donors (Lipinski definition) is 3. The van der Waals surface area contributed by atoms with E-state index in [2.05, 4.69) is 10.6 Å². The van der Waals surface area contributed by atoms with Crippen LogP contribution in [0.25, 0.3) is 0 Å². The van der Waals surface area contributed by atoms with E-state index >= 15 is 0 Å². The number of amides is 2. The van der Waals surface area contributed by atoms with Gasteiger partial charge in [-0.15, -0.1) is 12.4 Å². The van der Waals surface area contributed by atoms with Crippen LogP contribution >= 0.6 is 24.0 Å². The van der Waals surface area contributed by atoms with Crippen molar-refractivity contribution in [1.82, 2.24) is 5.32 Å². The maximum Gasteiger partial charge on any atom is 0.253 e. The highest BCUT2D eigenvalue weighted by Crippen LogP contribution is 2.23. The van der Waals surface area contributed by atoms with Crippen LogP contribution in [-0.2, 0) is 4.79 Å². The number of benzene rings is 1. The molecule has 0 saturated carbocycles. The first-order valence-electron chi connectivity index (χ1n) is 7.55. The van der Waals surface area contributed by atoms with Crippen LogP contribution in [0.4, 0.5) is 5.69 Å². The molecule has 136 valence electrons. The first-order valence-corrected chi connectivity index (χ1v) is 7.93. The fourth-order valence-corrected chi connectivity index (χ4v) is 2.09. The van der Waals surface area contributed by atoms with Gasteiger partial charge in [-0.2, -0.15) is 0 Å². The lowest BCUT2D eigenvalue weighted by atomic mass is 9.92. The van der Waals surface area contributed by atoms with Gasteiger partial charge in [-0.1, -0.05) is 32.4 Å². The summed E-state index contributed by atoms with van der Waals surface area (Å²) in [6.07, 6.45) is 0.386. The SMILES string of the molecule is CC(C)(C)CC(=O)Nc1ccc(Cl)c(C(=O)NC(C)(C)CN)c1.Cl. The van der Waals surface area contributed by atoms with Gasteiger partial charge in [0.25, 0.3) is 5.91 Å². The third-order valence-corrected chi connectivity index (χ3v) is 3.48.